The Hall–Kier alpha value is -1.84. The number of amides is 1. The molecule has 0 radical (unpaired) electrons. The van der Waals surface area contributed by atoms with E-state index < -0.39 is 0 Å². The summed E-state index contributed by atoms with van der Waals surface area (Å²) in [6, 6.07) is 4.29. The van der Waals surface area contributed by atoms with Gasteiger partial charge in [0.2, 0.25) is 5.91 Å². The van der Waals surface area contributed by atoms with Crippen LogP contribution in [0.15, 0.2) is 24.3 Å². The van der Waals surface area contributed by atoms with Crippen molar-refractivity contribution in [3.8, 4) is 0 Å². The molecule has 4 rings (SSSR count). The van der Waals surface area contributed by atoms with Gasteiger partial charge in [-0.05, 0) is 56.6 Å². The van der Waals surface area contributed by atoms with Crippen LogP contribution in [0.1, 0.15) is 44.5 Å². The first-order valence-corrected chi connectivity index (χ1v) is 9.93. The summed E-state index contributed by atoms with van der Waals surface area (Å²) in [5, 5.41) is 0. The third kappa shape index (κ3) is 2.49. The van der Waals surface area contributed by atoms with Gasteiger partial charge in [0.15, 0.2) is 0 Å². The van der Waals surface area contributed by atoms with Crippen molar-refractivity contribution in [3.63, 3.8) is 0 Å². The first-order valence-electron chi connectivity index (χ1n) is 9.93. The molecular weight excluding hydrogens is 322 g/mol. The second kappa shape index (κ2) is 5.83. The SMILES string of the molecule is C=C1C(C)(C)[C@H]2CC[C@@]1(C(=O)N1CCN(c3cc(C)nc(C)c3)CC1)C2. The van der Waals surface area contributed by atoms with Crippen molar-refractivity contribution in [2.45, 2.75) is 47.0 Å². The van der Waals surface area contributed by atoms with Crippen molar-refractivity contribution in [2.24, 2.45) is 16.7 Å². The number of nitrogens with zero attached hydrogens (tertiary/aromatic N) is 3. The average molecular weight is 354 g/mol. The summed E-state index contributed by atoms with van der Waals surface area (Å²) in [5.74, 6) is 0.973. The summed E-state index contributed by atoms with van der Waals surface area (Å²) >= 11 is 0. The molecule has 140 valence electrons. The predicted molar refractivity (Wildman–Crippen MR) is 105 cm³/mol. The number of piperazine rings is 1. The van der Waals surface area contributed by atoms with E-state index in [1.165, 1.54) is 17.7 Å². The van der Waals surface area contributed by atoms with Crippen LogP contribution in [0, 0.1) is 30.6 Å². The second-order valence-electron chi connectivity index (χ2n) is 9.11. The average Bonchev–Trinajstić information content (AvgIpc) is 3.13. The fourth-order valence-electron chi connectivity index (χ4n) is 5.59. The molecule has 2 bridgehead atoms. The highest BCUT2D eigenvalue weighted by molar-refractivity contribution is 5.88. The number of hydrogen-bond donors (Lipinski definition) is 0. The zero-order chi connectivity index (χ0) is 18.7. The Morgan fingerprint density at radius 1 is 1.15 bits per heavy atom. The van der Waals surface area contributed by atoms with Gasteiger partial charge in [0.05, 0.1) is 5.41 Å². The number of aromatic nitrogens is 1. The van der Waals surface area contributed by atoms with Crippen molar-refractivity contribution in [1.29, 1.82) is 0 Å². The van der Waals surface area contributed by atoms with Gasteiger partial charge >= 0.3 is 0 Å². The predicted octanol–water partition coefficient (Wildman–Crippen LogP) is 3.73. The lowest BCUT2D eigenvalue weighted by Gasteiger charge is -2.42. The smallest absolute Gasteiger partial charge is 0.233 e. The van der Waals surface area contributed by atoms with Crippen LogP contribution in [0.4, 0.5) is 5.69 Å². The normalized spacial score (nSPS) is 30.2. The van der Waals surface area contributed by atoms with Crippen molar-refractivity contribution >= 4 is 11.6 Å². The number of hydrogen-bond acceptors (Lipinski definition) is 3. The van der Waals surface area contributed by atoms with E-state index in [-0.39, 0.29) is 10.8 Å². The van der Waals surface area contributed by atoms with Crippen LogP contribution in [-0.4, -0.2) is 42.0 Å². The molecule has 2 aliphatic carbocycles. The number of carbonyl (C=O) groups is 1. The third-order valence-corrected chi connectivity index (χ3v) is 7.30. The maximum absolute atomic E-state index is 13.5. The van der Waals surface area contributed by atoms with Gasteiger partial charge in [-0.25, -0.2) is 0 Å². The molecule has 0 aromatic carbocycles. The van der Waals surface area contributed by atoms with Gasteiger partial charge < -0.3 is 9.80 Å². The van der Waals surface area contributed by atoms with Crippen LogP contribution >= 0.6 is 0 Å². The van der Waals surface area contributed by atoms with Gasteiger partial charge in [-0.3, -0.25) is 9.78 Å². The molecule has 3 aliphatic rings. The van der Waals surface area contributed by atoms with E-state index in [2.05, 4.69) is 47.3 Å². The van der Waals surface area contributed by atoms with Gasteiger partial charge in [0.25, 0.3) is 0 Å². The zero-order valence-electron chi connectivity index (χ0n) is 16.6. The largest absolute Gasteiger partial charge is 0.368 e. The molecule has 2 heterocycles. The van der Waals surface area contributed by atoms with Gasteiger partial charge in [-0.2, -0.15) is 0 Å². The summed E-state index contributed by atoms with van der Waals surface area (Å²) in [6.45, 7) is 16.4. The summed E-state index contributed by atoms with van der Waals surface area (Å²) in [5.41, 5.74) is 4.36. The second-order valence-corrected chi connectivity index (χ2v) is 9.11. The van der Waals surface area contributed by atoms with E-state index >= 15 is 0 Å². The highest BCUT2D eigenvalue weighted by Crippen LogP contribution is 2.65. The molecule has 2 saturated carbocycles. The van der Waals surface area contributed by atoms with Gasteiger partial charge in [-0.15, -0.1) is 0 Å². The van der Waals surface area contributed by atoms with Crippen molar-refractivity contribution in [3.05, 3.63) is 35.7 Å². The summed E-state index contributed by atoms with van der Waals surface area (Å²) < 4.78 is 0. The molecule has 1 aliphatic heterocycles. The van der Waals surface area contributed by atoms with E-state index in [9.17, 15) is 4.79 Å². The molecule has 2 atom stereocenters. The minimum Gasteiger partial charge on any atom is -0.368 e. The maximum atomic E-state index is 13.5. The number of carbonyl (C=O) groups excluding carboxylic acids is 1. The van der Waals surface area contributed by atoms with Crippen LogP contribution in [0.2, 0.25) is 0 Å². The third-order valence-electron chi connectivity index (χ3n) is 7.30. The molecule has 26 heavy (non-hydrogen) atoms. The molecule has 1 saturated heterocycles. The van der Waals surface area contributed by atoms with Crippen molar-refractivity contribution in [1.82, 2.24) is 9.88 Å². The van der Waals surface area contributed by atoms with E-state index in [0.29, 0.717) is 11.8 Å². The number of anilines is 1. The van der Waals surface area contributed by atoms with Crippen LogP contribution < -0.4 is 4.90 Å². The lowest BCUT2D eigenvalue weighted by molar-refractivity contribution is -0.140. The van der Waals surface area contributed by atoms with E-state index in [1.807, 2.05) is 13.8 Å². The standard InChI is InChI=1S/C22H31N3O/c1-15-12-19(13-16(2)23-15)24-8-10-25(11-9-24)20(26)22-7-6-18(14-22)21(4,5)17(22)3/h12-13,18H,3,6-11,14H2,1-2,4-5H3/t18-,22+/m0/s1. The first kappa shape index (κ1) is 17.6. The molecule has 1 amide bonds. The molecule has 0 N–H and O–H groups in total. The van der Waals surface area contributed by atoms with Gasteiger partial charge in [-0.1, -0.05) is 26.0 Å². The topological polar surface area (TPSA) is 36.4 Å². The van der Waals surface area contributed by atoms with E-state index in [0.717, 1.165) is 50.4 Å². The number of fused-ring (bicyclic) bond motifs is 2. The quantitative estimate of drug-likeness (QED) is 0.760. The monoisotopic (exact) mass is 353 g/mol. The first-order chi connectivity index (χ1) is 12.2. The number of aryl methyl sites for hydroxylation is 2. The van der Waals surface area contributed by atoms with Gasteiger partial charge in [0, 0.05) is 43.3 Å². The molecule has 0 spiro atoms. The molecule has 1 aromatic heterocycles. The lowest BCUT2D eigenvalue weighted by Crippen LogP contribution is -2.53. The fourth-order valence-corrected chi connectivity index (χ4v) is 5.59. The maximum Gasteiger partial charge on any atom is 0.233 e. The van der Waals surface area contributed by atoms with Crippen molar-refractivity contribution in [2.75, 3.05) is 31.1 Å². The minimum absolute atomic E-state index is 0.113. The van der Waals surface area contributed by atoms with E-state index in [1.54, 1.807) is 0 Å². The van der Waals surface area contributed by atoms with E-state index in [4.69, 9.17) is 0 Å². The molecule has 1 aromatic rings. The lowest BCUT2D eigenvalue weighted by atomic mass is 9.68. The van der Waals surface area contributed by atoms with Crippen LogP contribution in [0.25, 0.3) is 0 Å². The van der Waals surface area contributed by atoms with Gasteiger partial charge in [0.1, 0.15) is 0 Å². The Bertz CT molecular complexity index is 740. The van der Waals surface area contributed by atoms with Crippen LogP contribution in [0.5, 0.6) is 0 Å². The Morgan fingerprint density at radius 2 is 1.77 bits per heavy atom. The molecule has 4 heteroatoms. The fraction of sp³-hybridized carbons (Fsp3) is 0.636. The Morgan fingerprint density at radius 3 is 2.31 bits per heavy atom. The Balaban J connectivity index is 1.47. The van der Waals surface area contributed by atoms with Crippen LogP contribution in [-0.2, 0) is 4.79 Å². The minimum atomic E-state index is -0.278. The molecule has 3 fully saturated rings. The van der Waals surface area contributed by atoms with Crippen molar-refractivity contribution < 1.29 is 4.79 Å². The number of rotatable bonds is 2. The molecular formula is C22H31N3O. The summed E-state index contributed by atoms with van der Waals surface area (Å²) in [4.78, 5) is 22.4. The Kier molecular flexibility index (Phi) is 3.94. The summed E-state index contributed by atoms with van der Waals surface area (Å²) in [6.07, 6.45) is 3.19. The van der Waals surface area contributed by atoms with Crippen LogP contribution in [0.3, 0.4) is 0 Å². The highest BCUT2D eigenvalue weighted by atomic mass is 16.2. The zero-order valence-corrected chi connectivity index (χ0v) is 16.6. The number of pyridine rings is 1. The molecule has 0 unspecified atom stereocenters. The summed E-state index contributed by atoms with van der Waals surface area (Å²) in [7, 11) is 0. The Labute approximate surface area is 157 Å². The molecule has 4 nitrogen and oxygen atoms in total. The highest BCUT2D eigenvalue weighted by Gasteiger charge is 2.61.